The maximum absolute atomic E-state index is 6.91. The summed E-state index contributed by atoms with van der Waals surface area (Å²) in [5.74, 6) is 0. The van der Waals surface area contributed by atoms with Gasteiger partial charge in [0.1, 0.15) is 11.2 Å². The third-order valence-corrected chi connectivity index (χ3v) is 16.4. The van der Waals surface area contributed by atoms with E-state index in [0.717, 1.165) is 66.8 Å². The molecule has 0 radical (unpaired) electrons. The largest absolute Gasteiger partial charge is 0.456 e. The van der Waals surface area contributed by atoms with Crippen molar-refractivity contribution in [1.29, 1.82) is 0 Å². The molecule has 73 heavy (non-hydrogen) atoms. The molecule has 3 heterocycles. The van der Waals surface area contributed by atoms with Crippen LogP contribution in [0.4, 0.5) is 34.1 Å². The van der Waals surface area contributed by atoms with Crippen molar-refractivity contribution >= 4 is 120 Å². The highest BCUT2D eigenvalue weighted by molar-refractivity contribution is 7.17. The predicted octanol–water partition coefficient (Wildman–Crippen LogP) is 21.2. The third-order valence-electron chi connectivity index (χ3n) is 14.6. The van der Waals surface area contributed by atoms with Crippen LogP contribution in [-0.4, -0.2) is 0 Å². The average molecular weight is 979 g/mol. The number of nitrogens with zero attached hydrogens (tertiary/aromatic N) is 2. The second kappa shape index (κ2) is 17.4. The Bertz CT molecular complexity index is 3930. The van der Waals surface area contributed by atoms with Crippen LogP contribution in [0, 0.1) is 0 Å². The molecular weight excluding hydrogens is 925 g/mol. The molecule has 0 saturated heterocycles. The van der Waals surface area contributed by atoms with Crippen LogP contribution in [0.5, 0.6) is 0 Å². The molecule has 3 nitrogen and oxygen atoms in total. The molecule has 0 spiro atoms. The van der Waals surface area contributed by atoms with Gasteiger partial charge in [0.05, 0.1) is 11.4 Å². The number of anilines is 6. The summed E-state index contributed by atoms with van der Waals surface area (Å²) in [6, 6.07) is 76.6. The number of rotatable bonds is 8. The second-order valence-corrected chi connectivity index (χ2v) is 23.4. The molecule has 0 bridgehead atoms. The fourth-order valence-electron chi connectivity index (χ4n) is 10.7. The lowest BCUT2D eigenvalue weighted by molar-refractivity contribution is 0.590. The van der Waals surface area contributed by atoms with Crippen molar-refractivity contribution in [2.24, 2.45) is 0 Å². The van der Waals surface area contributed by atoms with Gasteiger partial charge in [-0.25, -0.2) is 0 Å². The maximum atomic E-state index is 6.91. The lowest BCUT2D eigenvalue weighted by Crippen LogP contribution is -2.13. The molecular formula is C68H54N2OS2. The monoisotopic (exact) mass is 978 g/mol. The highest BCUT2D eigenvalue weighted by Gasteiger charge is 2.24. The molecule has 0 aliphatic rings. The Morgan fingerprint density at radius 3 is 1.14 bits per heavy atom. The summed E-state index contributed by atoms with van der Waals surface area (Å²) in [6.45, 7) is 13.6. The summed E-state index contributed by atoms with van der Waals surface area (Å²) in [7, 11) is 0. The van der Waals surface area contributed by atoms with E-state index in [0.29, 0.717) is 0 Å². The lowest BCUT2D eigenvalue weighted by atomic mass is 9.87. The standard InChI is InChI=1S/C68H54N2OS2/c1-67(2,3)51-19-25-53(26-20-51)69(61-41-65-47(29-31-72-65)37-57(61)43-13-9-7-10-14-43)55-23-17-45-35-59-60-36-46-18-24-56(34-50(46)40-64(60)71-63(59)39-49(45)33-55)70(54-27-21-52(22-28-54)68(4,5)6)62-42-66-48(30-32-73-66)38-58(62)44-15-11-8-12-16-44/h7-42H,1-6H3. The van der Waals surface area contributed by atoms with Crippen molar-refractivity contribution < 1.29 is 4.42 Å². The van der Waals surface area contributed by atoms with Crippen LogP contribution in [-0.2, 0) is 10.8 Å². The Labute approximate surface area is 434 Å². The smallest absolute Gasteiger partial charge is 0.136 e. The van der Waals surface area contributed by atoms with E-state index in [9.17, 15) is 0 Å². The summed E-state index contributed by atoms with van der Waals surface area (Å²) in [5.41, 5.74) is 15.9. The fraction of sp³-hybridized carbons (Fsp3) is 0.118. The Balaban J connectivity index is 0.947. The maximum Gasteiger partial charge on any atom is 0.136 e. The van der Waals surface area contributed by atoms with Gasteiger partial charge in [-0.1, -0.05) is 139 Å². The number of thiophene rings is 2. The number of hydrogen-bond acceptors (Lipinski definition) is 5. The number of benzene rings is 10. The lowest BCUT2D eigenvalue weighted by Gasteiger charge is -2.29. The second-order valence-electron chi connectivity index (χ2n) is 21.5. The molecule has 3 aromatic heterocycles. The Morgan fingerprint density at radius 1 is 0.342 bits per heavy atom. The van der Waals surface area contributed by atoms with Crippen LogP contribution < -0.4 is 9.80 Å². The topological polar surface area (TPSA) is 19.6 Å². The van der Waals surface area contributed by atoms with E-state index in [4.69, 9.17) is 4.42 Å². The SMILES string of the molecule is CC(C)(C)c1ccc(N(c2ccc3cc4c(cc3c2)oc2cc3cc(N(c5ccc(C(C)(C)C)cc5)c5cc6sccc6cc5-c5ccccc5)ccc3cc24)c2cc3sccc3cc2-c2ccccc2)cc1. The molecule has 0 saturated carbocycles. The average Bonchev–Trinajstić information content (AvgIpc) is 4.15. The van der Waals surface area contributed by atoms with Crippen molar-refractivity contribution in [2.75, 3.05) is 9.80 Å². The molecule has 5 heteroatoms. The first-order valence-electron chi connectivity index (χ1n) is 25.2. The summed E-state index contributed by atoms with van der Waals surface area (Å²) in [4.78, 5) is 4.87. The summed E-state index contributed by atoms with van der Waals surface area (Å²) >= 11 is 3.57. The van der Waals surface area contributed by atoms with Crippen LogP contribution in [0.1, 0.15) is 52.7 Å². The Morgan fingerprint density at radius 2 is 0.740 bits per heavy atom. The van der Waals surface area contributed by atoms with Gasteiger partial charge in [0.2, 0.25) is 0 Å². The molecule has 354 valence electrons. The first-order valence-corrected chi connectivity index (χ1v) is 26.9. The Hall–Kier alpha value is -7.96. The molecule has 0 atom stereocenters. The molecule has 0 fully saturated rings. The number of furan rings is 1. The zero-order chi connectivity index (χ0) is 49.6. The van der Waals surface area contributed by atoms with Crippen molar-refractivity contribution in [3.05, 3.63) is 228 Å². The molecule has 13 rings (SSSR count). The van der Waals surface area contributed by atoms with E-state index in [1.165, 1.54) is 64.3 Å². The van der Waals surface area contributed by atoms with Gasteiger partial charge in [0.15, 0.2) is 0 Å². The van der Waals surface area contributed by atoms with Gasteiger partial charge >= 0.3 is 0 Å². The van der Waals surface area contributed by atoms with Crippen LogP contribution in [0.2, 0.25) is 0 Å². The van der Waals surface area contributed by atoms with E-state index < -0.39 is 0 Å². The van der Waals surface area contributed by atoms with Gasteiger partial charge in [-0.05, 0) is 185 Å². The molecule has 0 unspecified atom stereocenters. The highest BCUT2D eigenvalue weighted by atomic mass is 32.1. The van der Waals surface area contributed by atoms with E-state index in [1.807, 2.05) is 0 Å². The Kier molecular flexibility index (Phi) is 10.7. The van der Waals surface area contributed by atoms with E-state index in [2.05, 4.69) is 268 Å². The van der Waals surface area contributed by atoms with E-state index in [-0.39, 0.29) is 10.8 Å². The number of hydrogen-bond donors (Lipinski definition) is 0. The molecule has 10 aromatic carbocycles. The van der Waals surface area contributed by atoms with Crippen molar-refractivity contribution in [2.45, 2.75) is 52.4 Å². The van der Waals surface area contributed by atoms with Gasteiger partial charge in [-0.15, -0.1) is 22.7 Å². The van der Waals surface area contributed by atoms with Crippen molar-refractivity contribution in [1.82, 2.24) is 0 Å². The summed E-state index contributed by atoms with van der Waals surface area (Å²) < 4.78 is 9.42. The van der Waals surface area contributed by atoms with Crippen LogP contribution in [0.3, 0.4) is 0 Å². The molecule has 0 aliphatic heterocycles. The van der Waals surface area contributed by atoms with Gasteiger partial charge < -0.3 is 14.2 Å². The van der Waals surface area contributed by atoms with Crippen LogP contribution in [0.15, 0.2) is 221 Å². The van der Waals surface area contributed by atoms with Gasteiger partial charge in [0, 0.05) is 54.0 Å². The first-order chi connectivity index (χ1) is 35.4. The van der Waals surface area contributed by atoms with Crippen LogP contribution >= 0.6 is 22.7 Å². The number of fused-ring (bicyclic) bond motifs is 7. The minimum atomic E-state index is 0.0366. The first kappa shape index (κ1) is 44.9. The fourth-order valence-corrected chi connectivity index (χ4v) is 12.3. The summed E-state index contributed by atoms with van der Waals surface area (Å²) in [5, 5.41) is 13.7. The minimum absolute atomic E-state index is 0.0366. The van der Waals surface area contributed by atoms with Gasteiger partial charge in [-0.3, -0.25) is 0 Å². The minimum Gasteiger partial charge on any atom is -0.456 e. The predicted molar refractivity (Wildman–Crippen MR) is 317 cm³/mol. The molecule has 13 aromatic rings. The van der Waals surface area contributed by atoms with Crippen molar-refractivity contribution in [3.8, 4) is 22.3 Å². The van der Waals surface area contributed by atoms with Gasteiger partial charge in [0.25, 0.3) is 0 Å². The third kappa shape index (κ3) is 8.14. The normalized spacial score (nSPS) is 12.2. The quantitative estimate of drug-likeness (QED) is 0.151. The summed E-state index contributed by atoms with van der Waals surface area (Å²) in [6.07, 6.45) is 0. The molecule has 0 N–H and O–H groups in total. The zero-order valence-corrected chi connectivity index (χ0v) is 43.5. The molecule has 0 amide bonds. The molecule has 0 aliphatic carbocycles. The zero-order valence-electron chi connectivity index (χ0n) is 41.9. The van der Waals surface area contributed by atoms with Crippen molar-refractivity contribution in [3.63, 3.8) is 0 Å². The van der Waals surface area contributed by atoms with E-state index in [1.54, 1.807) is 22.7 Å². The van der Waals surface area contributed by atoms with E-state index >= 15 is 0 Å². The van der Waals surface area contributed by atoms with Crippen LogP contribution in [0.25, 0.3) is 85.9 Å². The highest BCUT2D eigenvalue weighted by Crippen LogP contribution is 2.48. The van der Waals surface area contributed by atoms with Gasteiger partial charge in [-0.2, -0.15) is 0 Å².